The molecule has 4 rings (SSSR count). The van der Waals surface area contributed by atoms with E-state index < -0.39 is 11.6 Å². The van der Waals surface area contributed by atoms with Gasteiger partial charge in [0.1, 0.15) is 23.6 Å². The van der Waals surface area contributed by atoms with Crippen LogP contribution in [0.4, 0.5) is 0 Å². The molecule has 0 bridgehead atoms. The number of esters is 1. The summed E-state index contributed by atoms with van der Waals surface area (Å²) in [6.45, 7) is 0.182. The predicted octanol–water partition coefficient (Wildman–Crippen LogP) is 3.32. The van der Waals surface area contributed by atoms with Crippen LogP contribution >= 0.6 is 15.9 Å². The largest absolute Gasteiger partial charge is 0.481 e. The molecule has 4 aromatic rings. The average molecular weight is 470 g/mol. The van der Waals surface area contributed by atoms with E-state index in [9.17, 15) is 9.59 Å². The van der Waals surface area contributed by atoms with Crippen molar-refractivity contribution in [1.29, 1.82) is 0 Å². The summed E-state index contributed by atoms with van der Waals surface area (Å²) in [7, 11) is 0. The van der Waals surface area contributed by atoms with E-state index in [1.54, 1.807) is 35.1 Å². The van der Waals surface area contributed by atoms with Crippen LogP contribution in [0.1, 0.15) is 11.3 Å². The van der Waals surface area contributed by atoms with Crippen LogP contribution in [0.15, 0.2) is 74.5 Å². The van der Waals surface area contributed by atoms with Crippen molar-refractivity contribution in [2.75, 3.05) is 6.61 Å². The number of para-hydroxylation sites is 1. The van der Waals surface area contributed by atoms with Crippen molar-refractivity contribution in [3.05, 3.63) is 86.9 Å². The second-order valence-electron chi connectivity index (χ2n) is 6.41. The SMILES string of the molecule is O=C(COc1cc(=O)oc2ccccc12)OCc1cn(Cc2ccc(Br)cc2)nn1. The summed E-state index contributed by atoms with van der Waals surface area (Å²) < 4.78 is 18.4. The highest BCUT2D eigenvalue weighted by Crippen LogP contribution is 2.23. The van der Waals surface area contributed by atoms with Gasteiger partial charge in [0.25, 0.3) is 0 Å². The Labute approximate surface area is 179 Å². The second-order valence-corrected chi connectivity index (χ2v) is 7.32. The molecule has 0 aliphatic heterocycles. The van der Waals surface area contributed by atoms with Crippen LogP contribution in [-0.2, 0) is 22.7 Å². The third kappa shape index (κ3) is 4.93. The van der Waals surface area contributed by atoms with Gasteiger partial charge in [0, 0.05) is 4.47 Å². The molecule has 0 saturated heterocycles. The molecule has 0 aliphatic rings. The maximum atomic E-state index is 12.0. The molecule has 2 aromatic heterocycles. The zero-order chi connectivity index (χ0) is 20.9. The molecular weight excluding hydrogens is 454 g/mol. The number of nitrogens with zero attached hydrogens (tertiary/aromatic N) is 3. The van der Waals surface area contributed by atoms with Gasteiger partial charge >= 0.3 is 11.6 Å². The van der Waals surface area contributed by atoms with Gasteiger partial charge in [-0.3, -0.25) is 0 Å². The van der Waals surface area contributed by atoms with Crippen LogP contribution in [0.3, 0.4) is 0 Å². The lowest BCUT2D eigenvalue weighted by atomic mass is 10.2. The zero-order valence-corrected chi connectivity index (χ0v) is 17.2. The van der Waals surface area contributed by atoms with E-state index in [-0.39, 0.29) is 19.0 Å². The molecule has 152 valence electrons. The number of aromatic nitrogens is 3. The van der Waals surface area contributed by atoms with Gasteiger partial charge in [0.2, 0.25) is 0 Å². The Hall–Kier alpha value is -3.46. The first-order chi connectivity index (χ1) is 14.6. The van der Waals surface area contributed by atoms with Gasteiger partial charge in [-0.1, -0.05) is 45.4 Å². The van der Waals surface area contributed by atoms with E-state index in [1.807, 2.05) is 24.3 Å². The summed E-state index contributed by atoms with van der Waals surface area (Å²) in [4.78, 5) is 23.7. The van der Waals surface area contributed by atoms with Gasteiger partial charge in [0.05, 0.1) is 24.2 Å². The molecule has 0 fully saturated rings. The lowest BCUT2D eigenvalue weighted by Gasteiger charge is -2.08. The van der Waals surface area contributed by atoms with Gasteiger partial charge in [-0.05, 0) is 29.8 Å². The third-order valence-electron chi connectivity index (χ3n) is 4.18. The Morgan fingerprint density at radius 1 is 1.13 bits per heavy atom. The maximum Gasteiger partial charge on any atom is 0.344 e. The van der Waals surface area contributed by atoms with E-state index in [1.165, 1.54) is 6.07 Å². The van der Waals surface area contributed by atoms with Gasteiger partial charge in [-0.25, -0.2) is 14.3 Å². The van der Waals surface area contributed by atoms with Crippen LogP contribution in [0.2, 0.25) is 0 Å². The fraction of sp³-hybridized carbons (Fsp3) is 0.143. The normalized spacial score (nSPS) is 10.8. The molecule has 9 heteroatoms. The van der Waals surface area contributed by atoms with E-state index >= 15 is 0 Å². The molecule has 0 saturated carbocycles. The Morgan fingerprint density at radius 2 is 1.93 bits per heavy atom. The number of carbonyl (C=O) groups excluding carboxylic acids is 1. The fourth-order valence-corrected chi connectivity index (χ4v) is 3.06. The second kappa shape index (κ2) is 8.91. The van der Waals surface area contributed by atoms with Crippen molar-refractivity contribution in [1.82, 2.24) is 15.0 Å². The van der Waals surface area contributed by atoms with Crippen LogP contribution in [0.5, 0.6) is 5.75 Å². The first kappa shape index (κ1) is 19.8. The number of fused-ring (bicyclic) bond motifs is 1. The molecule has 2 heterocycles. The van der Waals surface area contributed by atoms with Gasteiger partial charge in [0.15, 0.2) is 6.61 Å². The number of carbonyl (C=O) groups is 1. The summed E-state index contributed by atoms with van der Waals surface area (Å²) in [5.74, 6) is -0.325. The van der Waals surface area contributed by atoms with E-state index in [2.05, 4.69) is 26.2 Å². The molecule has 0 N–H and O–H groups in total. The maximum absolute atomic E-state index is 12.0. The minimum Gasteiger partial charge on any atom is -0.481 e. The number of rotatable bonds is 7. The quantitative estimate of drug-likeness (QED) is 0.302. The predicted molar refractivity (Wildman–Crippen MR) is 111 cm³/mol. The first-order valence-corrected chi connectivity index (χ1v) is 9.81. The van der Waals surface area contributed by atoms with Gasteiger partial charge in [-0.2, -0.15) is 0 Å². The standard InChI is InChI=1S/C21H16BrN3O5/c22-15-7-5-14(6-8-15)10-25-11-16(23-24-25)12-29-21(27)13-28-19-9-20(26)30-18-4-2-1-3-17(18)19/h1-9,11H,10,12-13H2. The van der Waals surface area contributed by atoms with Gasteiger partial charge in [-0.15, -0.1) is 5.10 Å². The lowest BCUT2D eigenvalue weighted by molar-refractivity contribution is -0.147. The molecule has 0 atom stereocenters. The van der Waals surface area contributed by atoms with Crippen molar-refractivity contribution in [2.45, 2.75) is 13.2 Å². The minimum absolute atomic E-state index is 0.0276. The Balaban J connectivity index is 1.31. The van der Waals surface area contributed by atoms with Crippen LogP contribution in [0.25, 0.3) is 11.0 Å². The van der Waals surface area contributed by atoms with Crippen molar-refractivity contribution in [3.63, 3.8) is 0 Å². The van der Waals surface area contributed by atoms with Crippen LogP contribution < -0.4 is 10.4 Å². The molecule has 0 unspecified atom stereocenters. The van der Waals surface area contributed by atoms with Crippen LogP contribution in [-0.4, -0.2) is 27.6 Å². The molecule has 0 amide bonds. The smallest absolute Gasteiger partial charge is 0.344 e. The fourth-order valence-electron chi connectivity index (χ4n) is 2.79. The number of ether oxygens (including phenoxy) is 2. The van der Waals surface area contributed by atoms with E-state index in [0.29, 0.717) is 23.2 Å². The Kier molecular flexibility index (Phi) is 5.89. The van der Waals surface area contributed by atoms with E-state index in [0.717, 1.165) is 10.0 Å². The Bertz CT molecular complexity index is 1230. The van der Waals surface area contributed by atoms with Crippen molar-refractivity contribution >= 4 is 32.9 Å². The number of hydrogen-bond acceptors (Lipinski definition) is 7. The molecule has 0 aliphatic carbocycles. The summed E-state index contributed by atoms with van der Waals surface area (Å²) in [5, 5.41) is 8.64. The molecule has 0 spiro atoms. The monoisotopic (exact) mass is 469 g/mol. The third-order valence-corrected chi connectivity index (χ3v) is 4.71. The molecular formula is C21H16BrN3O5. The summed E-state index contributed by atoms with van der Waals surface area (Å²) in [5.41, 5.74) is 1.42. The van der Waals surface area contributed by atoms with Crippen molar-refractivity contribution in [2.24, 2.45) is 0 Å². The minimum atomic E-state index is -0.588. The summed E-state index contributed by atoms with van der Waals surface area (Å²) in [6.07, 6.45) is 1.71. The highest BCUT2D eigenvalue weighted by atomic mass is 79.9. The molecule has 8 nitrogen and oxygen atoms in total. The van der Waals surface area contributed by atoms with Crippen molar-refractivity contribution < 1.29 is 18.7 Å². The Morgan fingerprint density at radius 3 is 2.77 bits per heavy atom. The molecule has 2 aromatic carbocycles. The van der Waals surface area contributed by atoms with Gasteiger partial charge < -0.3 is 13.9 Å². The first-order valence-electron chi connectivity index (χ1n) is 9.01. The molecule has 30 heavy (non-hydrogen) atoms. The topological polar surface area (TPSA) is 96.5 Å². The number of benzene rings is 2. The lowest BCUT2D eigenvalue weighted by Crippen LogP contribution is -2.15. The summed E-state index contributed by atoms with van der Waals surface area (Å²) in [6, 6.07) is 16.0. The van der Waals surface area contributed by atoms with E-state index in [4.69, 9.17) is 13.9 Å². The number of halogens is 1. The highest BCUT2D eigenvalue weighted by Gasteiger charge is 2.11. The zero-order valence-electron chi connectivity index (χ0n) is 15.7. The average Bonchev–Trinajstić information content (AvgIpc) is 3.19. The molecule has 0 radical (unpaired) electrons. The van der Waals surface area contributed by atoms with Crippen molar-refractivity contribution in [3.8, 4) is 5.75 Å². The summed E-state index contributed by atoms with van der Waals surface area (Å²) >= 11 is 3.40. The number of hydrogen-bond donors (Lipinski definition) is 0. The highest BCUT2D eigenvalue weighted by molar-refractivity contribution is 9.10. The van der Waals surface area contributed by atoms with Crippen LogP contribution in [0, 0.1) is 0 Å².